The summed E-state index contributed by atoms with van der Waals surface area (Å²) in [5, 5.41) is 11.5. The Labute approximate surface area is 121 Å². The third-order valence-electron chi connectivity index (χ3n) is 3.22. The van der Waals surface area contributed by atoms with Crippen LogP contribution in [0.3, 0.4) is 0 Å². The molecule has 0 unspecified atom stereocenters. The van der Waals surface area contributed by atoms with E-state index < -0.39 is 9.84 Å². The Morgan fingerprint density at radius 3 is 2.80 bits per heavy atom. The van der Waals surface area contributed by atoms with Crippen LogP contribution in [0.2, 0.25) is 0 Å². The first kappa shape index (κ1) is 15.2. The minimum Gasteiger partial charge on any atom is -0.338 e. The highest BCUT2D eigenvalue weighted by Crippen LogP contribution is 2.20. The van der Waals surface area contributed by atoms with Crippen LogP contribution in [0.1, 0.15) is 13.3 Å². The van der Waals surface area contributed by atoms with Crippen molar-refractivity contribution in [2.75, 3.05) is 23.8 Å². The molecule has 0 radical (unpaired) electrons. The lowest BCUT2D eigenvalue weighted by Crippen LogP contribution is -2.42. The fraction of sp³-hybridized carbons (Fsp3) is 0.800. The summed E-state index contributed by atoms with van der Waals surface area (Å²) >= 11 is 1.25. The zero-order valence-electron chi connectivity index (χ0n) is 11.4. The van der Waals surface area contributed by atoms with Gasteiger partial charge < -0.3 is 4.90 Å². The highest BCUT2D eigenvalue weighted by atomic mass is 32.2. The van der Waals surface area contributed by atoms with Crippen LogP contribution in [0.4, 0.5) is 0 Å². The average molecular weight is 319 g/mol. The largest absolute Gasteiger partial charge is 0.338 e. The number of nitrogens with zero attached hydrogens (tertiary/aromatic N) is 5. The van der Waals surface area contributed by atoms with Crippen molar-refractivity contribution in [1.29, 1.82) is 0 Å². The van der Waals surface area contributed by atoms with E-state index in [1.165, 1.54) is 16.4 Å². The number of rotatable bonds is 5. The van der Waals surface area contributed by atoms with Gasteiger partial charge in [-0.2, -0.15) is 0 Å². The summed E-state index contributed by atoms with van der Waals surface area (Å²) in [5.74, 6) is 0.367. The molecule has 2 rings (SSSR count). The van der Waals surface area contributed by atoms with Crippen molar-refractivity contribution < 1.29 is 13.2 Å². The molecule has 112 valence electrons. The number of hydrogen-bond donors (Lipinski definition) is 0. The second-order valence-electron chi connectivity index (χ2n) is 4.61. The molecule has 1 amide bonds. The number of amides is 1. The van der Waals surface area contributed by atoms with E-state index in [1.807, 2.05) is 6.92 Å². The molecule has 0 spiro atoms. The summed E-state index contributed by atoms with van der Waals surface area (Å²) in [4.78, 5) is 13.9. The molecule has 10 heteroatoms. The number of carbonyl (C=O) groups excluding carboxylic acids is 1. The van der Waals surface area contributed by atoms with Crippen molar-refractivity contribution in [3.05, 3.63) is 0 Å². The summed E-state index contributed by atoms with van der Waals surface area (Å²) in [6.07, 6.45) is 0.526. The van der Waals surface area contributed by atoms with Crippen LogP contribution in [0, 0.1) is 0 Å². The van der Waals surface area contributed by atoms with Gasteiger partial charge in [0.2, 0.25) is 11.1 Å². The van der Waals surface area contributed by atoms with E-state index in [1.54, 1.807) is 11.9 Å². The van der Waals surface area contributed by atoms with Gasteiger partial charge in [-0.3, -0.25) is 4.79 Å². The normalized spacial score (nSPS) is 21.0. The first-order valence-corrected chi connectivity index (χ1v) is 9.08. The molecule has 0 aromatic carbocycles. The minimum absolute atomic E-state index is 0.0722. The second-order valence-corrected chi connectivity index (χ2v) is 7.78. The Kier molecular flexibility index (Phi) is 4.63. The summed E-state index contributed by atoms with van der Waals surface area (Å²) < 4.78 is 24.5. The van der Waals surface area contributed by atoms with Crippen molar-refractivity contribution in [3.8, 4) is 0 Å². The molecule has 20 heavy (non-hydrogen) atoms. The highest BCUT2D eigenvalue weighted by molar-refractivity contribution is 7.99. The molecule has 1 saturated heterocycles. The Hall–Kier alpha value is -1.16. The minimum atomic E-state index is -2.99. The molecule has 0 saturated carbocycles. The Morgan fingerprint density at radius 2 is 2.30 bits per heavy atom. The second kappa shape index (κ2) is 6.08. The molecular weight excluding hydrogens is 302 g/mol. The zero-order valence-corrected chi connectivity index (χ0v) is 13.0. The number of carbonyl (C=O) groups is 1. The molecule has 8 nitrogen and oxygen atoms in total. The van der Waals surface area contributed by atoms with E-state index in [0.29, 0.717) is 18.1 Å². The molecule has 0 N–H and O–H groups in total. The lowest BCUT2D eigenvalue weighted by molar-refractivity contribution is -0.129. The average Bonchev–Trinajstić information content (AvgIpc) is 2.94. The van der Waals surface area contributed by atoms with Gasteiger partial charge in [-0.1, -0.05) is 11.8 Å². The SMILES string of the molecule is CCN(C(=O)CSc1nnnn1C)[C@@H]1CCS(=O)(=O)C1. The van der Waals surface area contributed by atoms with Crippen molar-refractivity contribution in [3.63, 3.8) is 0 Å². The van der Waals surface area contributed by atoms with Gasteiger partial charge in [0.25, 0.3) is 0 Å². The predicted octanol–water partition coefficient (Wildman–Crippen LogP) is -0.662. The molecule has 1 aromatic heterocycles. The highest BCUT2D eigenvalue weighted by Gasteiger charge is 2.33. The quantitative estimate of drug-likeness (QED) is 0.664. The standard InChI is InChI=1S/C10H17N5O3S2/c1-3-15(8-4-5-20(17,18)7-8)9(16)6-19-10-11-12-13-14(10)2/h8H,3-7H2,1-2H3/t8-/m1/s1. The lowest BCUT2D eigenvalue weighted by atomic mass is 10.2. The first-order chi connectivity index (χ1) is 9.43. The molecule has 1 aliphatic heterocycles. The number of tetrazole rings is 1. The molecule has 1 atom stereocenters. The first-order valence-electron chi connectivity index (χ1n) is 6.28. The number of hydrogen-bond acceptors (Lipinski definition) is 7. The summed E-state index contributed by atoms with van der Waals surface area (Å²) in [5.41, 5.74) is 0. The smallest absolute Gasteiger partial charge is 0.233 e. The van der Waals surface area contributed by atoms with Gasteiger partial charge in [0.1, 0.15) is 0 Å². The summed E-state index contributed by atoms with van der Waals surface area (Å²) in [7, 11) is -1.28. The molecular formula is C10H17N5O3S2. The van der Waals surface area contributed by atoms with E-state index in [2.05, 4.69) is 15.5 Å². The topological polar surface area (TPSA) is 98.1 Å². The summed E-state index contributed by atoms with van der Waals surface area (Å²) in [6, 6.07) is -0.198. The number of sulfone groups is 1. The Morgan fingerprint density at radius 1 is 1.55 bits per heavy atom. The third-order valence-corrected chi connectivity index (χ3v) is 5.96. The van der Waals surface area contributed by atoms with Crippen molar-refractivity contribution in [1.82, 2.24) is 25.1 Å². The van der Waals surface area contributed by atoms with Crippen molar-refractivity contribution in [2.45, 2.75) is 24.5 Å². The van der Waals surface area contributed by atoms with E-state index in [0.717, 1.165) is 0 Å². The summed E-state index contributed by atoms with van der Waals surface area (Å²) in [6.45, 7) is 2.37. The van der Waals surface area contributed by atoms with Crippen LogP contribution < -0.4 is 0 Å². The van der Waals surface area contributed by atoms with E-state index >= 15 is 0 Å². The van der Waals surface area contributed by atoms with Gasteiger partial charge in [-0.25, -0.2) is 13.1 Å². The molecule has 1 fully saturated rings. The molecule has 1 aliphatic rings. The maximum atomic E-state index is 12.2. The van der Waals surface area contributed by atoms with Crippen LogP contribution in [0.5, 0.6) is 0 Å². The fourth-order valence-electron chi connectivity index (χ4n) is 2.21. The fourth-order valence-corrected chi connectivity index (χ4v) is 4.68. The molecule has 2 heterocycles. The maximum absolute atomic E-state index is 12.2. The zero-order chi connectivity index (χ0) is 14.8. The number of aromatic nitrogens is 4. The van der Waals surface area contributed by atoms with Gasteiger partial charge in [0.15, 0.2) is 9.84 Å². The van der Waals surface area contributed by atoms with Gasteiger partial charge in [-0.15, -0.1) is 5.10 Å². The van der Waals surface area contributed by atoms with Crippen LogP contribution in [0.15, 0.2) is 5.16 Å². The van der Waals surface area contributed by atoms with Gasteiger partial charge in [0, 0.05) is 19.6 Å². The van der Waals surface area contributed by atoms with E-state index in [9.17, 15) is 13.2 Å². The van der Waals surface area contributed by atoms with E-state index in [-0.39, 0.29) is 29.2 Å². The molecule has 0 bridgehead atoms. The van der Waals surface area contributed by atoms with Crippen LogP contribution in [0.25, 0.3) is 0 Å². The predicted molar refractivity (Wildman–Crippen MR) is 74.0 cm³/mol. The Balaban J connectivity index is 1.94. The monoisotopic (exact) mass is 319 g/mol. The van der Waals surface area contributed by atoms with Gasteiger partial charge in [0.05, 0.1) is 17.3 Å². The number of thioether (sulfide) groups is 1. The van der Waals surface area contributed by atoms with Crippen LogP contribution in [-0.4, -0.2) is 69.3 Å². The van der Waals surface area contributed by atoms with Gasteiger partial charge >= 0.3 is 0 Å². The number of aryl methyl sites for hydroxylation is 1. The molecule has 1 aromatic rings. The van der Waals surface area contributed by atoms with Crippen molar-refractivity contribution in [2.24, 2.45) is 7.05 Å². The van der Waals surface area contributed by atoms with E-state index in [4.69, 9.17) is 0 Å². The van der Waals surface area contributed by atoms with Crippen LogP contribution >= 0.6 is 11.8 Å². The van der Waals surface area contributed by atoms with Crippen molar-refractivity contribution >= 4 is 27.5 Å². The molecule has 0 aliphatic carbocycles. The van der Waals surface area contributed by atoms with Gasteiger partial charge in [-0.05, 0) is 23.8 Å². The Bertz CT molecular complexity index is 585. The third kappa shape index (κ3) is 3.48. The van der Waals surface area contributed by atoms with Crippen LogP contribution in [-0.2, 0) is 21.7 Å². The lowest BCUT2D eigenvalue weighted by Gasteiger charge is -2.26. The maximum Gasteiger partial charge on any atom is 0.233 e.